The first kappa shape index (κ1) is 13.6. The summed E-state index contributed by atoms with van der Waals surface area (Å²) in [5.41, 5.74) is 7.33. The molecule has 3 rings (SSSR count). The molecule has 0 saturated heterocycles. The van der Waals surface area contributed by atoms with Gasteiger partial charge >= 0.3 is 0 Å². The van der Waals surface area contributed by atoms with E-state index in [0.29, 0.717) is 30.3 Å². The van der Waals surface area contributed by atoms with Gasteiger partial charge in [0.2, 0.25) is 0 Å². The normalized spacial score (nSPS) is 14.5. The zero-order valence-electron chi connectivity index (χ0n) is 11.6. The fraction of sp³-hybridized carbons (Fsp3) is 0.235. The quantitative estimate of drug-likeness (QED) is 0.875. The van der Waals surface area contributed by atoms with Gasteiger partial charge < -0.3 is 15.2 Å². The van der Waals surface area contributed by atoms with Crippen LogP contribution in [0.5, 0.6) is 11.5 Å². The molecule has 2 N–H and O–H groups in total. The number of ether oxygens (including phenoxy) is 2. The van der Waals surface area contributed by atoms with Crippen molar-refractivity contribution in [3.63, 3.8) is 0 Å². The average molecular weight is 283 g/mol. The van der Waals surface area contributed by atoms with E-state index in [1.54, 1.807) is 18.2 Å². The van der Waals surface area contributed by atoms with Crippen LogP contribution >= 0.6 is 0 Å². The standard InChI is InChI=1S/C17H17NO3/c18-11-14(12-4-2-1-3-5-12)17(19)13-6-7-15-16(10-13)21-9-8-20-15/h1-7,10,14H,8-9,11,18H2. The number of hydrogen-bond donors (Lipinski definition) is 1. The fourth-order valence-electron chi connectivity index (χ4n) is 2.48. The summed E-state index contributed by atoms with van der Waals surface area (Å²) in [5.74, 6) is 0.965. The van der Waals surface area contributed by atoms with E-state index in [0.717, 1.165) is 5.56 Å². The second-order valence-electron chi connectivity index (χ2n) is 4.92. The Hall–Kier alpha value is -2.33. The monoisotopic (exact) mass is 283 g/mol. The van der Waals surface area contributed by atoms with Gasteiger partial charge in [0.25, 0.3) is 0 Å². The molecule has 2 aromatic rings. The second-order valence-corrected chi connectivity index (χ2v) is 4.92. The number of carbonyl (C=O) groups excluding carboxylic acids is 1. The SMILES string of the molecule is NCC(C(=O)c1ccc2c(c1)OCCO2)c1ccccc1. The molecule has 0 aliphatic carbocycles. The number of hydrogen-bond acceptors (Lipinski definition) is 4. The van der Waals surface area contributed by atoms with E-state index in [2.05, 4.69) is 0 Å². The van der Waals surface area contributed by atoms with Crippen molar-refractivity contribution in [1.29, 1.82) is 0 Å². The van der Waals surface area contributed by atoms with Crippen LogP contribution in [0.3, 0.4) is 0 Å². The third kappa shape index (κ3) is 2.76. The van der Waals surface area contributed by atoms with Crippen LogP contribution in [-0.2, 0) is 0 Å². The van der Waals surface area contributed by atoms with E-state index in [-0.39, 0.29) is 18.2 Å². The van der Waals surface area contributed by atoms with Crippen molar-refractivity contribution in [3.05, 3.63) is 59.7 Å². The van der Waals surface area contributed by atoms with Gasteiger partial charge in [-0.1, -0.05) is 30.3 Å². The van der Waals surface area contributed by atoms with Crippen LogP contribution in [0.1, 0.15) is 21.8 Å². The Morgan fingerprint density at radius 1 is 1.05 bits per heavy atom. The van der Waals surface area contributed by atoms with Crippen molar-refractivity contribution < 1.29 is 14.3 Å². The van der Waals surface area contributed by atoms with Crippen molar-refractivity contribution >= 4 is 5.78 Å². The molecule has 1 aliphatic heterocycles. The molecule has 0 spiro atoms. The van der Waals surface area contributed by atoms with Gasteiger partial charge in [0.05, 0.1) is 5.92 Å². The minimum Gasteiger partial charge on any atom is -0.486 e. The molecule has 0 bridgehead atoms. The summed E-state index contributed by atoms with van der Waals surface area (Å²) in [7, 11) is 0. The lowest BCUT2D eigenvalue weighted by molar-refractivity contribution is 0.0961. The number of nitrogens with two attached hydrogens (primary N) is 1. The zero-order chi connectivity index (χ0) is 14.7. The van der Waals surface area contributed by atoms with Gasteiger partial charge in [-0.15, -0.1) is 0 Å². The maximum absolute atomic E-state index is 12.7. The van der Waals surface area contributed by atoms with Gasteiger partial charge in [0, 0.05) is 12.1 Å². The van der Waals surface area contributed by atoms with E-state index in [4.69, 9.17) is 15.2 Å². The van der Waals surface area contributed by atoms with Crippen molar-refractivity contribution in [2.24, 2.45) is 5.73 Å². The topological polar surface area (TPSA) is 61.6 Å². The van der Waals surface area contributed by atoms with Crippen LogP contribution in [0.15, 0.2) is 48.5 Å². The molecule has 4 nitrogen and oxygen atoms in total. The summed E-state index contributed by atoms with van der Waals surface area (Å²) in [6.07, 6.45) is 0. The second kappa shape index (κ2) is 5.97. The molecule has 1 aliphatic rings. The largest absolute Gasteiger partial charge is 0.486 e. The lowest BCUT2D eigenvalue weighted by Gasteiger charge is -2.20. The highest BCUT2D eigenvalue weighted by atomic mass is 16.6. The minimum absolute atomic E-state index is 0.000624. The first-order chi connectivity index (χ1) is 10.3. The fourth-order valence-corrected chi connectivity index (χ4v) is 2.48. The Balaban J connectivity index is 1.90. The van der Waals surface area contributed by atoms with Gasteiger partial charge in [-0.3, -0.25) is 4.79 Å². The van der Waals surface area contributed by atoms with E-state index in [9.17, 15) is 4.79 Å². The van der Waals surface area contributed by atoms with Crippen LogP contribution in [-0.4, -0.2) is 25.5 Å². The molecule has 0 radical (unpaired) electrons. The Bertz CT molecular complexity index is 640. The molecule has 1 atom stereocenters. The third-order valence-corrected chi connectivity index (χ3v) is 3.58. The predicted molar refractivity (Wildman–Crippen MR) is 80.0 cm³/mol. The van der Waals surface area contributed by atoms with Crippen molar-refractivity contribution in [1.82, 2.24) is 0 Å². The Morgan fingerprint density at radius 3 is 2.48 bits per heavy atom. The molecular weight excluding hydrogens is 266 g/mol. The number of benzene rings is 2. The summed E-state index contributed by atoms with van der Waals surface area (Å²) in [6.45, 7) is 1.32. The molecule has 108 valence electrons. The molecule has 21 heavy (non-hydrogen) atoms. The Morgan fingerprint density at radius 2 is 1.76 bits per heavy atom. The first-order valence-electron chi connectivity index (χ1n) is 6.98. The van der Waals surface area contributed by atoms with Gasteiger partial charge in [0.1, 0.15) is 13.2 Å². The van der Waals surface area contributed by atoms with E-state index >= 15 is 0 Å². The summed E-state index contributed by atoms with van der Waals surface area (Å²) in [4.78, 5) is 12.7. The molecular formula is C17H17NO3. The van der Waals surface area contributed by atoms with Gasteiger partial charge in [0.15, 0.2) is 17.3 Å². The number of rotatable bonds is 4. The third-order valence-electron chi connectivity index (χ3n) is 3.58. The maximum atomic E-state index is 12.7. The van der Waals surface area contributed by atoms with Gasteiger partial charge in [-0.2, -0.15) is 0 Å². The number of Topliss-reactive ketones (excluding diaryl/α,β-unsaturated/α-hetero) is 1. The number of ketones is 1. The maximum Gasteiger partial charge on any atom is 0.171 e. The van der Waals surface area contributed by atoms with Crippen LogP contribution in [0.25, 0.3) is 0 Å². The molecule has 4 heteroatoms. The summed E-state index contributed by atoms with van der Waals surface area (Å²) in [6, 6.07) is 14.9. The van der Waals surface area contributed by atoms with Crippen molar-refractivity contribution in [2.45, 2.75) is 5.92 Å². The molecule has 0 saturated carbocycles. The van der Waals surface area contributed by atoms with Gasteiger partial charge in [-0.05, 0) is 23.8 Å². The zero-order valence-corrected chi connectivity index (χ0v) is 11.6. The number of carbonyl (C=O) groups is 1. The lowest BCUT2D eigenvalue weighted by Crippen LogP contribution is -2.22. The van der Waals surface area contributed by atoms with Crippen LogP contribution in [0.4, 0.5) is 0 Å². The highest BCUT2D eigenvalue weighted by Crippen LogP contribution is 2.32. The highest BCUT2D eigenvalue weighted by Gasteiger charge is 2.22. The molecule has 0 fully saturated rings. The predicted octanol–water partition coefficient (Wildman–Crippen LogP) is 2.38. The Kier molecular flexibility index (Phi) is 3.88. The molecule has 1 unspecified atom stereocenters. The summed E-state index contributed by atoms with van der Waals surface area (Å²) in [5, 5.41) is 0. The van der Waals surface area contributed by atoms with E-state index in [1.807, 2.05) is 30.3 Å². The lowest BCUT2D eigenvalue weighted by atomic mass is 9.90. The first-order valence-corrected chi connectivity index (χ1v) is 6.98. The summed E-state index contributed by atoms with van der Waals surface area (Å²) < 4.78 is 11.0. The molecule has 2 aromatic carbocycles. The number of fused-ring (bicyclic) bond motifs is 1. The van der Waals surface area contributed by atoms with Crippen LogP contribution < -0.4 is 15.2 Å². The van der Waals surface area contributed by atoms with E-state index in [1.165, 1.54) is 0 Å². The van der Waals surface area contributed by atoms with Crippen LogP contribution in [0.2, 0.25) is 0 Å². The molecule has 1 heterocycles. The van der Waals surface area contributed by atoms with Crippen molar-refractivity contribution in [2.75, 3.05) is 19.8 Å². The smallest absolute Gasteiger partial charge is 0.171 e. The highest BCUT2D eigenvalue weighted by molar-refractivity contribution is 6.01. The Labute approximate surface area is 123 Å². The van der Waals surface area contributed by atoms with Crippen LogP contribution in [0, 0.1) is 0 Å². The minimum atomic E-state index is -0.339. The molecule has 0 amide bonds. The summed E-state index contributed by atoms with van der Waals surface area (Å²) >= 11 is 0. The average Bonchev–Trinajstić information content (AvgIpc) is 2.56. The van der Waals surface area contributed by atoms with Crippen molar-refractivity contribution in [3.8, 4) is 11.5 Å². The van der Waals surface area contributed by atoms with E-state index < -0.39 is 0 Å². The van der Waals surface area contributed by atoms with Gasteiger partial charge in [-0.25, -0.2) is 0 Å². The molecule has 0 aromatic heterocycles.